The van der Waals surface area contributed by atoms with E-state index >= 15 is 0 Å². The zero-order chi connectivity index (χ0) is 13.2. The van der Waals surface area contributed by atoms with Crippen molar-refractivity contribution in [2.24, 2.45) is 0 Å². The van der Waals surface area contributed by atoms with Gasteiger partial charge in [0.25, 0.3) is 5.91 Å². The molecule has 1 aromatic heterocycles. The summed E-state index contributed by atoms with van der Waals surface area (Å²) in [6.07, 6.45) is 0. The number of H-pyrrole nitrogens is 1. The van der Waals surface area contributed by atoms with Crippen LogP contribution in [0.3, 0.4) is 0 Å². The quantitative estimate of drug-likeness (QED) is 0.750. The average Bonchev–Trinajstić information content (AvgIpc) is 2.81. The Morgan fingerprint density at radius 2 is 1.95 bits per heavy atom. The molecule has 1 heterocycles. The topological polar surface area (TPSA) is 57.8 Å². The Morgan fingerprint density at radius 1 is 1.16 bits per heavy atom. The number of carbonyl (C=O) groups excluding carboxylic acids is 1. The Morgan fingerprint density at radius 3 is 2.74 bits per heavy atom. The number of amides is 1. The summed E-state index contributed by atoms with van der Waals surface area (Å²) >= 11 is 5.89. The van der Waals surface area contributed by atoms with E-state index in [1.807, 2.05) is 18.2 Å². The molecule has 2 N–H and O–H groups in total. The van der Waals surface area contributed by atoms with E-state index in [2.05, 4.69) is 15.3 Å². The highest BCUT2D eigenvalue weighted by Crippen LogP contribution is 2.19. The van der Waals surface area contributed by atoms with Crippen molar-refractivity contribution in [2.45, 2.75) is 0 Å². The zero-order valence-electron chi connectivity index (χ0n) is 9.85. The van der Waals surface area contributed by atoms with Crippen molar-refractivity contribution in [3.63, 3.8) is 0 Å². The molecule has 94 valence electrons. The molecule has 0 radical (unpaired) electrons. The first-order valence-corrected chi connectivity index (χ1v) is 6.12. The number of hydrogen-bond donors (Lipinski definition) is 2. The maximum absolute atomic E-state index is 12.0. The number of imidazole rings is 1. The molecule has 0 saturated heterocycles. The number of halogens is 1. The predicted molar refractivity (Wildman–Crippen MR) is 75.5 cm³/mol. The van der Waals surface area contributed by atoms with Crippen LogP contribution in [0.1, 0.15) is 10.4 Å². The number of aromatic nitrogens is 2. The fourth-order valence-electron chi connectivity index (χ4n) is 1.81. The van der Waals surface area contributed by atoms with Crippen LogP contribution in [-0.4, -0.2) is 15.9 Å². The van der Waals surface area contributed by atoms with E-state index in [9.17, 15) is 4.79 Å². The van der Waals surface area contributed by atoms with Gasteiger partial charge in [-0.1, -0.05) is 29.8 Å². The molecule has 3 rings (SSSR count). The molecule has 0 fully saturated rings. The van der Waals surface area contributed by atoms with Gasteiger partial charge in [0.1, 0.15) is 0 Å². The van der Waals surface area contributed by atoms with Crippen LogP contribution in [0.25, 0.3) is 11.0 Å². The first-order chi connectivity index (χ1) is 9.22. The molecule has 5 heteroatoms. The van der Waals surface area contributed by atoms with Crippen molar-refractivity contribution in [1.29, 1.82) is 0 Å². The van der Waals surface area contributed by atoms with Crippen LogP contribution in [0.2, 0.25) is 5.02 Å². The Labute approximate surface area is 114 Å². The highest BCUT2D eigenvalue weighted by Gasteiger charge is 2.08. The van der Waals surface area contributed by atoms with E-state index in [1.54, 1.807) is 30.3 Å². The molecule has 2 aromatic carbocycles. The molecule has 0 aliphatic carbocycles. The number of hydrogen-bond acceptors (Lipinski definition) is 2. The van der Waals surface area contributed by atoms with E-state index in [1.165, 1.54) is 0 Å². The van der Waals surface area contributed by atoms with Crippen molar-refractivity contribution in [2.75, 3.05) is 5.32 Å². The second-order valence-electron chi connectivity index (χ2n) is 4.07. The van der Waals surface area contributed by atoms with Crippen LogP contribution >= 0.6 is 11.6 Å². The summed E-state index contributed by atoms with van der Waals surface area (Å²) in [4.78, 5) is 19.2. The molecule has 0 unspecified atom stereocenters. The van der Waals surface area contributed by atoms with E-state index in [0.29, 0.717) is 16.5 Å². The molecule has 0 saturated carbocycles. The minimum atomic E-state index is -0.203. The summed E-state index contributed by atoms with van der Waals surface area (Å²) in [7, 11) is 0. The van der Waals surface area contributed by atoms with Crippen molar-refractivity contribution < 1.29 is 4.79 Å². The number of benzene rings is 2. The second-order valence-corrected chi connectivity index (χ2v) is 4.50. The number of aromatic amines is 1. The number of nitrogens with one attached hydrogen (secondary N) is 2. The van der Waals surface area contributed by atoms with Crippen LogP contribution in [0, 0.1) is 0 Å². The molecule has 0 bridgehead atoms. The number of carbonyl (C=O) groups is 1. The smallest absolute Gasteiger partial charge is 0.257 e. The first kappa shape index (κ1) is 11.7. The molecular weight excluding hydrogens is 262 g/mol. The van der Waals surface area contributed by atoms with Gasteiger partial charge in [-0.15, -0.1) is 0 Å². The highest BCUT2D eigenvalue weighted by atomic mass is 35.5. The minimum Gasteiger partial charge on any atom is -0.324 e. The number of rotatable bonds is 2. The third-order valence-electron chi connectivity index (χ3n) is 2.71. The lowest BCUT2D eigenvalue weighted by atomic mass is 10.2. The molecule has 0 spiro atoms. The number of anilines is 1. The third-order valence-corrected chi connectivity index (χ3v) is 2.95. The van der Waals surface area contributed by atoms with Gasteiger partial charge in [-0.3, -0.25) is 10.1 Å². The van der Waals surface area contributed by atoms with Gasteiger partial charge in [-0.25, -0.2) is 4.98 Å². The molecule has 19 heavy (non-hydrogen) atoms. The fourth-order valence-corrected chi connectivity index (χ4v) is 1.98. The van der Waals surface area contributed by atoms with Crippen LogP contribution in [-0.2, 0) is 0 Å². The average molecular weight is 272 g/mol. The molecule has 0 atom stereocenters. The lowest BCUT2D eigenvalue weighted by Gasteiger charge is -2.00. The Balaban J connectivity index is 1.87. The maximum atomic E-state index is 12.0. The van der Waals surface area contributed by atoms with Gasteiger partial charge in [0.05, 0.1) is 11.0 Å². The van der Waals surface area contributed by atoms with Gasteiger partial charge in [0.15, 0.2) is 0 Å². The standard InChI is InChI=1S/C14H10ClN3O/c15-10-6-7-11-12(8-10)17-14(16-11)18-13(19)9-4-2-1-3-5-9/h1-8H,(H2,16,17,18,19). The Bertz CT molecular complexity index is 737. The van der Waals surface area contributed by atoms with Crippen LogP contribution in [0.5, 0.6) is 0 Å². The van der Waals surface area contributed by atoms with Crippen molar-refractivity contribution in [3.05, 3.63) is 59.1 Å². The SMILES string of the molecule is O=C(Nc1nc2ccc(Cl)cc2[nH]1)c1ccccc1. The minimum absolute atomic E-state index is 0.203. The molecule has 1 amide bonds. The molecule has 4 nitrogen and oxygen atoms in total. The predicted octanol–water partition coefficient (Wildman–Crippen LogP) is 3.47. The van der Waals surface area contributed by atoms with E-state index in [0.717, 1.165) is 11.0 Å². The maximum Gasteiger partial charge on any atom is 0.257 e. The third kappa shape index (κ3) is 2.44. The van der Waals surface area contributed by atoms with E-state index in [4.69, 9.17) is 11.6 Å². The van der Waals surface area contributed by atoms with Gasteiger partial charge in [0.2, 0.25) is 5.95 Å². The Kier molecular flexibility index (Phi) is 2.93. The van der Waals surface area contributed by atoms with Crippen molar-refractivity contribution >= 4 is 34.5 Å². The molecule has 3 aromatic rings. The van der Waals surface area contributed by atoms with E-state index in [-0.39, 0.29) is 5.91 Å². The zero-order valence-corrected chi connectivity index (χ0v) is 10.6. The highest BCUT2D eigenvalue weighted by molar-refractivity contribution is 6.31. The monoisotopic (exact) mass is 271 g/mol. The van der Waals surface area contributed by atoms with Crippen LogP contribution < -0.4 is 5.32 Å². The van der Waals surface area contributed by atoms with Crippen molar-refractivity contribution in [1.82, 2.24) is 9.97 Å². The van der Waals surface area contributed by atoms with Gasteiger partial charge in [0, 0.05) is 10.6 Å². The number of nitrogens with zero attached hydrogens (tertiary/aromatic N) is 1. The summed E-state index contributed by atoms with van der Waals surface area (Å²) in [5.74, 6) is 0.205. The molecule has 0 aliphatic rings. The first-order valence-electron chi connectivity index (χ1n) is 5.74. The summed E-state index contributed by atoms with van der Waals surface area (Å²) in [5, 5.41) is 3.34. The number of fused-ring (bicyclic) bond motifs is 1. The van der Waals surface area contributed by atoms with Crippen molar-refractivity contribution in [3.8, 4) is 0 Å². The lowest BCUT2D eigenvalue weighted by molar-refractivity contribution is 0.102. The van der Waals surface area contributed by atoms with Gasteiger partial charge >= 0.3 is 0 Å². The summed E-state index contributed by atoms with van der Waals surface area (Å²) in [6, 6.07) is 14.3. The van der Waals surface area contributed by atoms with Gasteiger partial charge in [-0.05, 0) is 30.3 Å². The van der Waals surface area contributed by atoms with Gasteiger partial charge < -0.3 is 4.98 Å². The summed E-state index contributed by atoms with van der Waals surface area (Å²) < 4.78 is 0. The van der Waals surface area contributed by atoms with E-state index < -0.39 is 0 Å². The Hall–Kier alpha value is -2.33. The second kappa shape index (κ2) is 4.74. The molecular formula is C14H10ClN3O. The fraction of sp³-hybridized carbons (Fsp3) is 0. The van der Waals surface area contributed by atoms with Crippen LogP contribution in [0.4, 0.5) is 5.95 Å². The van der Waals surface area contributed by atoms with Gasteiger partial charge in [-0.2, -0.15) is 0 Å². The normalized spacial score (nSPS) is 10.6. The summed E-state index contributed by atoms with van der Waals surface area (Å²) in [5.41, 5.74) is 2.13. The largest absolute Gasteiger partial charge is 0.324 e. The molecule has 0 aliphatic heterocycles. The lowest BCUT2D eigenvalue weighted by Crippen LogP contribution is -2.12. The van der Waals surface area contributed by atoms with Crippen LogP contribution in [0.15, 0.2) is 48.5 Å². The summed E-state index contributed by atoms with van der Waals surface area (Å²) in [6.45, 7) is 0.